The standard InChI is InChI=1S/C17H22N4O4/c1-3-11(2)18-16(24)12-6-4-5-7-13(12)19-15(23)10-21-9-8-14(22)20-17(21)25/h4-7,11H,3,8-10H2,1-2H3,(H,18,24)(H,19,23)(H,20,22,25). The second-order valence-corrected chi connectivity index (χ2v) is 5.90. The van der Waals surface area contributed by atoms with Gasteiger partial charge in [-0.2, -0.15) is 0 Å². The van der Waals surface area contributed by atoms with E-state index >= 15 is 0 Å². The van der Waals surface area contributed by atoms with E-state index in [1.807, 2.05) is 13.8 Å². The van der Waals surface area contributed by atoms with Crippen LogP contribution in [0.5, 0.6) is 0 Å². The van der Waals surface area contributed by atoms with Crippen molar-refractivity contribution in [2.75, 3.05) is 18.4 Å². The Labute approximate surface area is 145 Å². The number of urea groups is 1. The summed E-state index contributed by atoms with van der Waals surface area (Å²) < 4.78 is 0. The third-order valence-electron chi connectivity index (χ3n) is 3.91. The minimum Gasteiger partial charge on any atom is -0.350 e. The molecule has 5 amide bonds. The molecule has 1 unspecified atom stereocenters. The van der Waals surface area contributed by atoms with Crippen molar-refractivity contribution in [2.24, 2.45) is 0 Å². The topological polar surface area (TPSA) is 108 Å². The monoisotopic (exact) mass is 346 g/mol. The van der Waals surface area contributed by atoms with E-state index in [2.05, 4.69) is 16.0 Å². The number of nitrogens with zero attached hydrogens (tertiary/aromatic N) is 1. The van der Waals surface area contributed by atoms with Gasteiger partial charge in [-0.25, -0.2) is 4.79 Å². The molecule has 134 valence electrons. The number of benzene rings is 1. The number of nitrogens with one attached hydrogen (secondary N) is 3. The number of rotatable bonds is 6. The molecule has 1 aliphatic heterocycles. The Kier molecular flexibility index (Phi) is 6.10. The first-order chi connectivity index (χ1) is 11.9. The molecule has 0 aromatic heterocycles. The Morgan fingerprint density at radius 2 is 2.00 bits per heavy atom. The van der Waals surface area contributed by atoms with Crippen LogP contribution in [0.2, 0.25) is 0 Å². The number of hydrogen-bond donors (Lipinski definition) is 3. The van der Waals surface area contributed by atoms with Gasteiger partial charge in [-0.15, -0.1) is 0 Å². The predicted molar refractivity (Wildman–Crippen MR) is 92.0 cm³/mol. The Morgan fingerprint density at radius 1 is 1.28 bits per heavy atom. The van der Waals surface area contributed by atoms with Crippen molar-refractivity contribution in [3.63, 3.8) is 0 Å². The molecular weight excluding hydrogens is 324 g/mol. The van der Waals surface area contributed by atoms with Gasteiger partial charge in [-0.3, -0.25) is 19.7 Å². The van der Waals surface area contributed by atoms with E-state index in [0.717, 1.165) is 6.42 Å². The molecule has 25 heavy (non-hydrogen) atoms. The highest BCUT2D eigenvalue weighted by atomic mass is 16.2. The van der Waals surface area contributed by atoms with Crippen molar-refractivity contribution < 1.29 is 19.2 Å². The molecule has 1 atom stereocenters. The third kappa shape index (κ3) is 5.03. The molecule has 8 heteroatoms. The molecule has 1 heterocycles. The summed E-state index contributed by atoms with van der Waals surface area (Å²) in [6, 6.07) is 6.11. The maximum absolute atomic E-state index is 12.3. The van der Waals surface area contributed by atoms with Crippen molar-refractivity contribution in [3.8, 4) is 0 Å². The molecule has 1 saturated heterocycles. The fraction of sp³-hybridized carbons (Fsp3) is 0.412. The second-order valence-electron chi connectivity index (χ2n) is 5.90. The van der Waals surface area contributed by atoms with E-state index < -0.39 is 11.9 Å². The molecular formula is C17H22N4O4. The number of hydrogen-bond acceptors (Lipinski definition) is 4. The SMILES string of the molecule is CCC(C)NC(=O)c1ccccc1NC(=O)CN1CCC(=O)NC1=O. The molecule has 0 saturated carbocycles. The van der Waals surface area contributed by atoms with Crippen molar-refractivity contribution in [2.45, 2.75) is 32.7 Å². The number of carbonyl (C=O) groups is 4. The van der Waals surface area contributed by atoms with Gasteiger partial charge in [0.25, 0.3) is 5.91 Å². The lowest BCUT2D eigenvalue weighted by molar-refractivity contribution is -0.123. The van der Waals surface area contributed by atoms with Crippen LogP contribution in [0, 0.1) is 0 Å². The summed E-state index contributed by atoms with van der Waals surface area (Å²) in [4.78, 5) is 48.6. The summed E-state index contributed by atoms with van der Waals surface area (Å²) in [5.41, 5.74) is 0.733. The second kappa shape index (κ2) is 8.27. The molecule has 1 aliphatic rings. The minimum atomic E-state index is -0.589. The first kappa shape index (κ1) is 18.4. The summed E-state index contributed by atoms with van der Waals surface area (Å²) in [5, 5.41) is 7.67. The van der Waals surface area contributed by atoms with Crippen LogP contribution in [0.3, 0.4) is 0 Å². The summed E-state index contributed by atoms with van der Waals surface area (Å²) in [6.45, 7) is 3.86. The van der Waals surface area contributed by atoms with Crippen LogP contribution in [0.1, 0.15) is 37.0 Å². The molecule has 0 aliphatic carbocycles. The first-order valence-electron chi connectivity index (χ1n) is 8.19. The van der Waals surface area contributed by atoms with Gasteiger partial charge in [-0.1, -0.05) is 19.1 Å². The van der Waals surface area contributed by atoms with Gasteiger partial charge in [0.05, 0.1) is 11.3 Å². The quantitative estimate of drug-likeness (QED) is 0.717. The summed E-state index contributed by atoms with van der Waals surface area (Å²) >= 11 is 0. The maximum atomic E-state index is 12.3. The highest BCUT2D eigenvalue weighted by Gasteiger charge is 2.25. The lowest BCUT2D eigenvalue weighted by Crippen LogP contribution is -2.51. The predicted octanol–water partition coefficient (Wildman–Crippen LogP) is 1.10. The fourth-order valence-electron chi connectivity index (χ4n) is 2.31. The lowest BCUT2D eigenvalue weighted by Gasteiger charge is -2.25. The molecule has 0 radical (unpaired) electrons. The third-order valence-corrected chi connectivity index (χ3v) is 3.91. The molecule has 0 spiro atoms. The normalized spacial score (nSPS) is 15.4. The Balaban J connectivity index is 2.02. The van der Waals surface area contributed by atoms with Crippen molar-refractivity contribution in [1.82, 2.24) is 15.5 Å². The molecule has 8 nitrogen and oxygen atoms in total. The number of amides is 5. The Morgan fingerprint density at radius 3 is 2.68 bits per heavy atom. The Bertz CT molecular complexity index is 689. The van der Waals surface area contributed by atoms with E-state index in [-0.39, 0.29) is 37.4 Å². The zero-order valence-corrected chi connectivity index (χ0v) is 14.3. The van der Waals surface area contributed by atoms with Gasteiger partial charge in [0, 0.05) is 19.0 Å². The van der Waals surface area contributed by atoms with E-state index in [1.165, 1.54) is 4.90 Å². The zero-order chi connectivity index (χ0) is 18.4. The molecule has 1 fully saturated rings. The number of imide groups is 1. The number of anilines is 1. The van der Waals surface area contributed by atoms with E-state index in [9.17, 15) is 19.2 Å². The van der Waals surface area contributed by atoms with Crippen LogP contribution >= 0.6 is 0 Å². The summed E-state index contributed by atoms with van der Waals surface area (Å²) in [6.07, 6.45) is 0.954. The van der Waals surface area contributed by atoms with E-state index in [1.54, 1.807) is 24.3 Å². The molecule has 0 bridgehead atoms. The van der Waals surface area contributed by atoms with Gasteiger partial charge in [0.1, 0.15) is 6.54 Å². The lowest BCUT2D eigenvalue weighted by atomic mass is 10.1. The number of para-hydroxylation sites is 1. The van der Waals surface area contributed by atoms with E-state index in [0.29, 0.717) is 11.3 Å². The molecule has 3 N–H and O–H groups in total. The molecule has 1 aromatic rings. The maximum Gasteiger partial charge on any atom is 0.324 e. The van der Waals surface area contributed by atoms with Crippen molar-refractivity contribution in [1.29, 1.82) is 0 Å². The van der Waals surface area contributed by atoms with Crippen LogP contribution in [0.25, 0.3) is 0 Å². The van der Waals surface area contributed by atoms with Crippen molar-refractivity contribution >= 4 is 29.4 Å². The highest BCUT2D eigenvalue weighted by Crippen LogP contribution is 2.15. The van der Waals surface area contributed by atoms with Gasteiger partial charge in [0.15, 0.2) is 0 Å². The van der Waals surface area contributed by atoms with Gasteiger partial charge in [-0.05, 0) is 25.5 Å². The van der Waals surface area contributed by atoms with Gasteiger partial charge >= 0.3 is 6.03 Å². The van der Waals surface area contributed by atoms with Crippen molar-refractivity contribution in [3.05, 3.63) is 29.8 Å². The van der Waals surface area contributed by atoms with Gasteiger partial charge < -0.3 is 15.5 Å². The van der Waals surface area contributed by atoms with Crippen LogP contribution < -0.4 is 16.0 Å². The van der Waals surface area contributed by atoms with E-state index in [4.69, 9.17) is 0 Å². The Hall–Kier alpha value is -2.90. The van der Waals surface area contributed by atoms with Crippen LogP contribution in [0.15, 0.2) is 24.3 Å². The zero-order valence-electron chi connectivity index (χ0n) is 14.3. The van der Waals surface area contributed by atoms with Crippen LogP contribution in [-0.2, 0) is 9.59 Å². The highest BCUT2D eigenvalue weighted by molar-refractivity contribution is 6.05. The number of carbonyl (C=O) groups excluding carboxylic acids is 4. The fourth-order valence-corrected chi connectivity index (χ4v) is 2.31. The average molecular weight is 346 g/mol. The summed E-state index contributed by atoms with van der Waals surface area (Å²) in [7, 11) is 0. The minimum absolute atomic E-state index is 0.0193. The smallest absolute Gasteiger partial charge is 0.324 e. The van der Waals surface area contributed by atoms with Gasteiger partial charge in [0.2, 0.25) is 11.8 Å². The van der Waals surface area contributed by atoms with Crippen LogP contribution in [-0.4, -0.2) is 47.8 Å². The summed E-state index contributed by atoms with van der Waals surface area (Å²) in [5.74, 6) is -1.06. The largest absolute Gasteiger partial charge is 0.350 e. The van der Waals surface area contributed by atoms with Crippen LogP contribution in [0.4, 0.5) is 10.5 Å². The molecule has 2 rings (SSSR count). The average Bonchev–Trinajstić information content (AvgIpc) is 2.57. The first-order valence-corrected chi connectivity index (χ1v) is 8.19. The molecule has 1 aromatic carbocycles.